The molecule has 0 aromatic rings. The lowest BCUT2D eigenvalue weighted by molar-refractivity contribution is -0.204. The fourth-order valence-electron chi connectivity index (χ4n) is 3.03. The van der Waals surface area contributed by atoms with Gasteiger partial charge < -0.3 is 19.0 Å². The number of aliphatic hydroxyl groups excluding tert-OH is 1. The Hall–Kier alpha value is -0.763. The molecule has 0 saturated carbocycles. The Balaban J connectivity index is 3.20. The van der Waals surface area contributed by atoms with Gasteiger partial charge in [-0.25, -0.2) is 4.79 Å². The van der Waals surface area contributed by atoms with Crippen molar-refractivity contribution >= 4 is 20.1 Å². The number of carbonyl (C=O) groups excluding carboxylic acids is 2. The molecule has 0 radical (unpaired) electrons. The molecule has 0 aliphatic carbocycles. The first-order chi connectivity index (χ1) is 12.2. The molecule has 1 aliphatic rings. The van der Waals surface area contributed by atoms with Crippen molar-refractivity contribution in [3.05, 3.63) is 0 Å². The molecule has 0 aromatic carbocycles. The molecule has 7 heteroatoms. The van der Waals surface area contributed by atoms with E-state index in [1.807, 2.05) is 20.8 Å². The van der Waals surface area contributed by atoms with Gasteiger partial charge in [0.25, 0.3) is 0 Å². The molecule has 4 atom stereocenters. The van der Waals surface area contributed by atoms with Crippen molar-refractivity contribution in [2.45, 2.75) is 103 Å². The molecule has 6 nitrogen and oxygen atoms in total. The predicted molar refractivity (Wildman–Crippen MR) is 107 cm³/mol. The maximum Gasteiger partial charge on any atom is 0.337 e. The number of hydrogen-bond acceptors (Lipinski definition) is 6. The summed E-state index contributed by atoms with van der Waals surface area (Å²) < 4.78 is 17.4. The van der Waals surface area contributed by atoms with E-state index in [0.717, 1.165) is 0 Å². The lowest BCUT2D eigenvalue weighted by Crippen LogP contribution is -2.59. The van der Waals surface area contributed by atoms with E-state index in [0.29, 0.717) is 12.8 Å². The number of carbonyl (C=O) groups is 2. The van der Waals surface area contributed by atoms with Gasteiger partial charge in [-0.1, -0.05) is 41.5 Å². The van der Waals surface area contributed by atoms with E-state index in [-0.39, 0.29) is 23.3 Å². The van der Waals surface area contributed by atoms with E-state index in [9.17, 15) is 14.7 Å². The van der Waals surface area contributed by atoms with Crippen LogP contribution < -0.4 is 0 Å². The van der Waals surface area contributed by atoms with Crippen LogP contribution in [0.1, 0.15) is 60.8 Å². The van der Waals surface area contributed by atoms with Gasteiger partial charge >= 0.3 is 5.97 Å². The Morgan fingerprint density at radius 1 is 1.30 bits per heavy atom. The van der Waals surface area contributed by atoms with Crippen molar-refractivity contribution < 1.29 is 28.6 Å². The summed E-state index contributed by atoms with van der Waals surface area (Å²) in [6.45, 7) is 16.8. The molecule has 158 valence electrons. The number of ketones is 1. The summed E-state index contributed by atoms with van der Waals surface area (Å²) in [5, 5.41) is 10.4. The highest BCUT2D eigenvalue weighted by atomic mass is 28.4. The second-order valence-corrected chi connectivity index (χ2v) is 14.4. The molecule has 0 bridgehead atoms. The molecule has 1 rings (SSSR count). The summed E-state index contributed by atoms with van der Waals surface area (Å²) in [5.41, 5.74) is -0.424. The fraction of sp³-hybridized carbons (Fsp3) is 0.900. The predicted octanol–water partition coefficient (Wildman–Crippen LogP) is 3.46. The van der Waals surface area contributed by atoms with Crippen molar-refractivity contribution in [1.82, 2.24) is 0 Å². The quantitative estimate of drug-likeness (QED) is 0.519. The number of Topliss-reactive ketones (excluding diaryl/α,β-unsaturated/α-hetero) is 1. The van der Waals surface area contributed by atoms with Crippen LogP contribution in [-0.2, 0) is 23.5 Å². The molecule has 0 amide bonds. The SMILES string of the molecule is CCC(=O)C[C@H]1O[C@H]([C@H](O)C(=O)OC)C[C@@H](O[Si](C)(C)C(C)(C)C)C1(C)C. The maximum atomic E-state index is 12.1. The molecule has 1 heterocycles. The first kappa shape index (κ1) is 24.3. The minimum Gasteiger partial charge on any atom is -0.467 e. The van der Waals surface area contributed by atoms with Gasteiger partial charge in [0.1, 0.15) is 5.78 Å². The maximum absolute atomic E-state index is 12.1. The van der Waals surface area contributed by atoms with Crippen LogP contribution in [0.5, 0.6) is 0 Å². The number of hydrogen-bond donors (Lipinski definition) is 1. The number of aliphatic hydroxyl groups is 1. The Kier molecular flexibility index (Phi) is 7.84. The molecular weight excluding hydrogens is 364 g/mol. The normalized spacial score (nSPS) is 27.1. The number of methoxy groups -OCH3 is 1. The Labute approximate surface area is 165 Å². The number of rotatable bonds is 7. The van der Waals surface area contributed by atoms with Gasteiger partial charge in [0, 0.05) is 24.7 Å². The van der Waals surface area contributed by atoms with Crippen LogP contribution in [0.2, 0.25) is 18.1 Å². The van der Waals surface area contributed by atoms with Crippen LogP contribution in [0.3, 0.4) is 0 Å². The largest absolute Gasteiger partial charge is 0.467 e. The second-order valence-electron chi connectivity index (χ2n) is 9.65. The highest BCUT2D eigenvalue weighted by Crippen LogP contribution is 2.45. The Morgan fingerprint density at radius 2 is 1.85 bits per heavy atom. The van der Waals surface area contributed by atoms with Gasteiger partial charge in [0.05, 0.1) is 25.4 Å². The van der Waals surface area contributed by atoms with E-state index >= 15 is 0 Å². The molecular formula is C20H38O6Si. The molecule has 0 spiro atoms. The highest BCUT2D eigenvalue weighted by Gasteiger charge is 2.51. The molecule has 0 aromatic heterocycles. The van der Waals surface area contributed by atoms with E-state index in [2.05, 4.69) is 38.6 Å². The molecule has 1 N–H and O–H groups in total. The monoisotopic (exact) mass is 402 g/mol. The summed E-state index contributed by atoms with van der Waals surface area (Å²) in [6.07, 6.45) is -1.76. The first-order valence-electron chi connectivity index (χ1n) is 9.78. The average Bonchev–Trinajstić information content (AvgIpc) is 2.55. The zero-order valence-electron chi connectivity index (χ0n) is 18.4. The molecule has 1 aliphatic heterocycles. The summed E-state index contributed by atoms with van der Waals surface area (Å²) in [4.78, 5) is 24.0. The number of ether oxygens (including phenoxy) is 2. The Morgan fingerprint density at radius 3 is 2.30 bits per heavy atom. The van der Waals surface area contributed by atoms with E-state index in [1.54, 1.807) is 0 Å². The lowest BCUT2D eigenvalue weighted by atomic mass is 9.74. The topological polar surface area (TPSA) is 82.1 Å². The second kappa shape index (κ2) is 8.72. The highest BCUT2D eigenvalue weighted by molar-refractivity contribution is 6.74. The van der Waals surface area contributed by atoms with Crippen LogP contribution in [0.25, 0.3) is 0 Å². The molecule has 1 fully saturated rings. The van der Waals surface area contributed by atoms with Gasteiger partial charge in [-0.3, -0.25) is 4.79 Å². The van der Waals surface area contributed by atoms with Crippen molar-refractivity contribution in [3.8, 4) is 0 Å². The van der Waals surface area contributed by atoms with Gasteiger partial charge in [-0.2, -0.15) is 0 Å². The Bertz CT molecular complexity index is 537. The summed E-state index contributed by atoms with van der Waals surface area (Å²) >= 11 is 0. The third-order valence-electron chi connectivity index (χ3n) is 6.29. The van der Waals surface area contributed by atoms with E-state index in [4.69, 9.17) is 9.16 Å². The van der Waals surface area contributed by atoms with Crippen molar-refractivity contribution in [2.75, 3.05) is 7.11 Å². The minimum absolute atomic E-state index is 0.0204. The fourth-order valence-corrected chi connectivity index (χ4v) is 4.50. The van der Waals surface area contributed by atoms with E-state index < -0.39 is 38.0 Å². The van der Waals surface area contributed by atoms with Crippen LogP contribution in [0, 0.1) is 5.41 Å². The average molecular weight is 403 g/mol. The number of esters is 1. The van der Waals surface area contributed by atoms with Gasteiger partial charge in [0.2, 0.25) is 0 Å². The van der Waals surface area contributed by atoms with Crippen LogP contribution in [0.15, 0.2) is 0 Å². The minimum atomic E-state index is -2.10. The van der Waals surface area contributed by atoms with E-state index in [1.165, 1.54) is 7.11 Å². The molecule has 1 saturated heterocycles. The smallest absolute Gasteiger partial charge is 0.337 e. The lowest BCUT2D eigenvalue weighted by Gasteiger charge is -2.52. The van der Waals surface area contributed by atoms with Crippen molar-refractivity contribution in [3.63, 3.8) is 0 Å². The summed E-state index contributed by atoms with van der Waals surface area (Å²) in [7, 11) is -0.861. The van der Waals surface area contributed by atoms with Crippen LogP contribution >= 0.6 is 0 Å². The zero-order valence-corrected chi connectivity index (χ0v) is 19.4. The van der Waals surface area contributed by atoms with Crippen LogP contribution in [-0.4, -0.2) is 56.7 Å². The third kappa shape index (κ3) is 5.62. The van der Waals surface area contributed by atoms with Crippen molar-refractivity contribution in [1.29, 1.82) is 0 Å². The zero-order chi connectivity index (χ0) is 21.2. The van der Waals surface area contributed by atoms with Crippen LogP contribution in [0.4, 0.5) is 0 Å². The molecule has 27 heavy (non-hydrogen) atoms. The standard InChI is InChI=1S/C20H38O6Si/c1-10-13(21)11-15-20(5,6)16(26-27(8,9)19(2,3)4)12-14(25-15)17(22)18(23)24-7/h14-17,22H,10-12H2,1-9H3/t14-,15+,16+,17-/m0/s1. The van der Waals surface area contributed by atoms with Gasteiger partial charge in [-0.15, -0.1) is 0 Å². The first-order valence-corrected chi connectivity index (χ1v) is 12.7. The third-order valence-corrected chi connectivity index (χ3v) is 10.8. The molecule has 0 unspecified atom stereocenters. The summed E-state index contributed by atoms with van der Waals surface area (Å²) in [5.74, 6) is -0.640. The van der Waals surface area contributed by atoms with Crippen molar-refractivity contribution in [2.24, 2.45) is 5.41 Å². The van der Waals surface area contributed by atoms with Gasteiger partial charge in [-0.05, 0) is 18.1 Å². The van der Waals surface area contributed by atoms with Gasteiger partial charge in [0.15, 0.2) is 14.4 Å². The summed E-state index contributed by atoms with van der Waals surface area (Å²) in [6, 6.07) is 0.